The van der Waals surface area contributed by atoms with Crippen molar-refractivity contribution in [1.82, 2.24) is 4.98 Å². The Bertz CT molecular complexity index is 363. The van der Waals surface area contributed by atoms with Crippen molar-refractivity contribution in [1.29, 1.82) is 5.26 Å². The van der Waals surface area contributed by atoms with E-state index in [0.717, 1.165) is 0 Å². The van der Waals surface area contributed by atoms with Crippen molar-refractivity contribution in [2.24, 2.45) is 0 Å². The highest BCUT2D eigenvalue weighted by molar-refractivity contribution is 5.37. The van der Waals surface area contributed by atoms with E-state index in [-0.39, 0.29) is 17.3 Å². The van der Waals surface area contributed by atoms with Crippen LogP contribution in [0.15, 0.2) is 12.1 Å². The van der Waals surface area contributed by atoms with Crippen LogP contribution in [0, 0.1) is 11.3 Å². The van der Waals surface area contributed by atoms with Crippen LogP contribution >= 0.6 is 0 Å². The molecule has 0 radical (unpaired) electrons. The first-order valence-corrected chi connectivity index (χ1v) is 3.57. The number of hydrogen-bond donors (Lipinski definition) is 0. The van der Waals surface area contributed by atoms with E-state index in [2.05, 4.69) is 14.5 Å². The maximum absolute atomic E-state index is 11.8. The van der Waals surface area contributed by atoms with Crippen molar-refractivity contribution in [2.75, 3.05) is 7.11 Å². The predicted molar refractivity (Wildman–Crippen MR) is 42.1 cm³/mol. The predicted octanol–water partition coefficient (Wildman–Crippen LogP) is 1.56. The van der Waals surface area contributed by atoms with Gasteiger partial charge in [-0.15, -0.1) is 0 Å². The van der Waals surface area contributed by atoms with Gasteiger partial charge in [0.1, 0.15) is 11.8 Å². The Morgan fingerprint density at radius 3 is 2.71 bits per heavy atom. The summed E-state index contributed by atoms with van der Waals surface area (Å²) in [5.74, 6) is -0.328. The first-order valence-electron chi connectivity index (χ1n) is 3.57. The Kier molecular flexibility index (Phi) is 3.18. The third-order valence-corrected chi connectivity index (χ3v) is 1.35. The monoisotopic (exact) mass is 200 g/mol. The molecular formula is C8H6F2N2O2. The van der Waals surface area contributed by atoms with Crippen LogP contribution in [0.2, 0.25) is 0 Å². The fourth-order valence-corrected chi connectivity index (χ4v) is 0.822. The summed E-state index contributed by atoms with van der Waals surface area (Å²) in [7, 11) is 1.25. The second-order valence-corrected chi connectivity index (χ2v) is 2.19. The van der Waals surface area contributed by atoms with Gasteiger partial charge in [-0.1, -0.05) is 0 Å². The lowest BCUT2D eigenvalue weighted by molar-refractivity contribution is -0.0515. The number of halogens is 2. The molecule has 0 saturated heterocycles. The quantitative estimate of drug-likeness (QED) is 0.742. The van der Waals surface area contributed by atoms with Crippen molar-refractivity contribution >= 4 is 0 Å². The summed E-state index contributed by atoms with van der Waals surface area (Å²) in [6.45, 7) is -2.95. The van der Waals surface area contributed by atoms with E-state index < -0.39 is 6.61 Å². The van der Waals surface area contributed by atoms with Gasteiger partial charge in [0, 0.05) is 0 Å². The summed E-state index contributed by atoms with van der Waals surface area (Å²) in [5, 5.41) is 8.47. The summed E-state index contributed by atoms with van der Waals surface area (Å²) in [6, 6.07) is 4.22. The Morgan fingerprint density at radius 1 is 1.50 bits per heavy atom. The third kappa shape index (κ3) is 2.29. The number of nitriles is 1. The molecule has 0 unspecified atom stereocenters. The minimum absolute atomic E-state index is 0.0727. The third-order valence-electron chi connectivity index (χ3n) is 1.35. The number of methoxy groups -OCH3 is 1. The SMILES string of the molecule is COc1nc(C#N)ccc1OC(F)F. The van der Waals surface area contributed by atoms with Crippen LogP contribution in [0.4, 0.5) is 8.78 Å². The second-order valence-electron chi connectivity index (χ2n) is 2.19. The number of ether oxygens (including phenoxy) is 2. The van der Waals surface area contributed by atoms with Crippen LogP contribution in [0.1, 0.15) is 5.69 Å². The number of nitrogens with zero attached hydrogens (tertiary/aromatic N) is 2. The fourth-order valence-electron chi connectivity index (χ4n) is 0.822. The number of pyridine rings is 1. The molecule has 0 fully saturated rings. The first kappa shape index (κ1) is 10.2. The zero-order chi connectivity index (χ0) is 10.6. The average molecular weight is 200 g/mol. The topological polar surface area (TPSA) is 55.1 Å². The second kappa shape index (κ2) is 4.37. The molecule has 14 heavy (non-hydrogen) atoms. The fraction of sp³-hybridized carbons (Fsp3) is 0.250. The van der Waals surface area contributed by atoms with E-state index in [4.69, 9.17) is 5.26 Å². The van der Waals surface area contributed by atoms with Gasteiger partial charge in [-0.2, -0.15) is 19.0 Å². The lowest BCUT2D eigenvalue weighted by atomic mass is 10.3. The van der Waals surface area contributed by atoms with Gasteiger partial charge >= 0.3 is 6.61 Å². The summed E-state index contributed by atoms with van der Waals surface area (Å²) >= 11 is 0. The molecule has 0 N–H and O–H groups in total. The zero-order valence-electron chi connectivity index (χ0n) is 7.20. The molecule has 0 bridgehead atoms. The van der Waals surface area contributed by atoms with E-state index in [9.17, 15) is 8.78 Å². The van der Waals surface area contributed by atoms with Crippen LogP contribution in [0.5, 0.6) is 11.6 Å². The van der Waals surface area contributed by atoms with Gasteiger partial charge in [-0.25, -0.2) is 0 Å². The van der Waals surface area contributed by atoms with Crippen molar-refractivity contribution in [3.05, 3.63) is 17.8 Å². The Morgan fingerprint density at radius 2 is 2.21 bits per heavy atom. The molecule has 1 aromatic rings. The molecule has 1 rings (SSSR count). The molecule has 1 heterocycles. The molecule has 0 aliphatic carbocycles. The summed E-state index contributed by atoms with van der Waals surface area (Å²) in [6.07, 6.45) is 0. The normalized spacial score (nSPS) is 9.64. The Balaban J connectivity index is 3.00. The van der Waals surface area contributed by atoms with Crippen molar-refractivity contribution < 1.29 is 18.3 Å². The van der Waals surface area contributed by atoms with Crippen molar-refractivity contribution in [3.63, 3.8) is 0 Å². The lowest BCUT2D eigenvalue weighted by Crippen LogP contribution is -2.04. The number of aromatic nitrogens is 1. The molecule has 0 aliphatic heterocycles. The molecular weight excluding hydrogens is 194 g/mol. The van der Waals surface area contributed by atoms with Gasteiger partial charge in [0.15, 0.2) is 5.75 Å². The largest absolute Gasteiger partial charge is 0.478 e. The molecule has 0 atom stereocenters. The molecule has 1 aromatic heterocycles. The summed E-state index contributed by atoms with van der Waals surface area (Å²) in [4.78, 5) is 3.62. The summed E-state index contributed by atoms with van der Waals surface area (Å²) < 4.78 is 32.5. The standard InChI is InChI=1S/C8H6F2N2O2/c1-13-7-6(14-8(9)10)3-2-5(4-11)12-7/h2-3,8H,1H3. The van der Waals surface area contributed by atoms with E-state index in [1.165, 1.54) is 19.2 Å². The molecule has 74 valence electrons. The minimum Gasteiger partial charge on any atom is -0.478 e. The number of hydrogen-bond acceptors (Lipinski definition) is 4. The van der Waals surface area contributed by atoms with Crippen LogP contribution in [-0.4, -0.2) is 18.7 Å². The molecule has 4 nitrogen and oxygen atoms in total. The maximum Gasteiger partial charge on any atom is 0.387 e. The van der Waals surface area contributed by atoms with Gasteiger partial charge < -0.3 is 9.47 Å². The van der Waals surface area contributed by atoms with Crippen molar-refractivity contribution in [3.8, 4) is 17.7 Å². The van der Waals surface area contributed by atoms with Gasteiger partial charge in [0.25, 0.3) is 5.88 Å². The molecule has 6 heteroatoms. The smallest absolute Gasteiger partial charge is 0.387 e. The minimum atomic E-state index is -2.95. The molecule has 0 saturated carbocycles. The highest BCUT2D eigenvalue weighted by Gasteiger charge is 2.11. The molecule has 0 aliphatic rings. The van der Waals surface area contributed by atoms with Gasteiger partial charge in [0.05, 0.1) is 7.11 Å². The van der Waals surface area contributed by atoms with Crippen LogP contribution in [-0.2, 0) is 0 Å². The van der Waals surface area contributed by atoms with E-state index in [1.807, 2.05) is 0 Å². The Labute approximate surface area is 78.7 Å². The first-order chi connectivity index (χ1) is 6.67. The molecule has 0 amide bonds. The van der Waals surface area contributed by atoms with E-state index >= 15 is 0 Å². The van der Waals surface area contributed by atoms with Crippen molar-refractivity contribution in [2.45, 2.75) is 6.61 Å². The molecule has 0 aromatic carbocycles. The van der Waals surface area contributed by atoms with E-state index in [0.29, 0.717) is 0 Å². The number of alkyl halides is 2. The van der Waals surface area contributed by atoms with Gasteiger partial charge in [-0.05, 0) is 12.1 Å². The highest BCUT2D eigenvalue weighted by atomic mass is 19.3. The van der Waals surface area contributed by atoms with Gasteiger partial charge in [-0.3, -0.25) is 0 Å². The van der Waals surface area contributed by atoms with Gasteiger partial charge in [0.2, 0.25) is 0 Å². The Hall–Kier alpha value is -1.90. The lowest BCUT2D eigenvalue weighted by Gasteiger charge is -2.07. The van der Waals surface area contributed by atoms with Crippen LogP contribution in [0.3, 0.4) is 0 Å². The molecule has 0 spiro atoms. The summed E-state index contributed by atoms with van der Waals surface area (Å²) in [5.41, 5.74) is 0.0727. The highest BCUT2D eigenvalue weighted by Crippen LogP contribution is 2.25. The average Bonchev–Trinajstić information content (AvgIpc) is 2.17. The van der Waals surface area contributed by atoms with Crippen LogP contribution in [0.25, 0.3) is 0 Å². The maximum atomic E-state index is 11.8. The van der Waals surface area contributed by atoms with E-state index in [1.54, 1.807) is 6.07 Å². The number of rotatable bonds is 3. The van der Waals surface area contributed by atoms with Crippen LogP contribution < -0.4 is 9.47 Å². The zero-order valence-corrected chi connectivity index (χ0v) is 7.20.